The van der Waals surface area contributed by atoms with Gasteiger partial charge in [-0.3, -0.25) is 4.72 Å². The van der Waals surface area contributed by atoms with Crippen molar-refractivity contribution in [2.45, 2.75) is 4.90 Å². The summed E-state index contributed by atoms with van der Waals surface area (Å²) in [6, 6.07) is 14.4. The van der Waals surface area contributed by atoms with Crippen molar-refractivity contribution in [3.8, 4) is 17.0 Å². The van der Waals surface area contributed by atoms with E-state index in [1.807, 2.05) is 0 Å². The fraction of sp³-hybridized carbons (Fsp3) is 0.111. The third kappa shape index (κ3) is 4.71. The average molecular weight is 440 g/mol. The monoisotopic (exact) mass is 439 g/mol. The van der Waals surface area contributed by atoms with Crippen LogP contribution < -0.4 is 9.46 Å². The van der Waals surface area contributed by atoms with Crippen LogP contribution in [-0.2, 0) is 10.0 Å². The predicted molar refractivity (Wildman–Crippen MR) is 107 cm³/mol. The molecule has 1 heterocycles. The molecule has 1 aromatic heterocycles. The van der Waals surface area contributed by atoms with Crippen LogP contribution in [-0.4, -0.2) is 36.7 Å². The summed E-state index contributed by atoms with van der Waals surface area (Å²) in [5, 5.41) is 9.36. The Morgan fingerprint density at radius 3 is 2.32 bits per heavy atom. The first kappa shape index (κ1) is 20.3. The molecular formula is C18H15Cl2N3O4S. The van der Waals surface area contributed by atoms with Crippen LogP contribution in [0.2, 0.25) is 10.3 Å². The minimum Gasteiger partial charge on any atom is -0.475 e. The molecule has 2 aromatic carbocycles. The maximum Gasteiger partial charge on any atom is 0.263 e. The van der Waals surface area contributed by atoms with Crippen LogP contribution in [0.1, 0.15) is 0 Å². The fourth-order valence-corrected chi connectivity index (χ4v) is 3.72. The van der Waals surface area contributed by atoms with Gasteiger partial charge in [0.05, 0.1) is 17.1 Å². The van der Waals surface area contributed by atoms with E-state index in [0.29, 0.717) is 10.6 Å². The van der Waals surface area contributed by atoms with Crippen LogP contribution >= 0.6 is 23.2 Å². The van der Waals surface area contributed by atoms with Crippen molar-refractivity contribution in [3.05, 3.63) is 64.9 Å². The molecule has 0 bridgehead atoms. The van der Waals surface area contributed by atoms with Gasteiger partial charge in [0.25, 0.3) is 10.0 Å². The quantitative estimate of drug-likeness (QED) is 0.545. The first-order valence-corrected chi connectivity index (χ1v) is 10.3. The lowest BCUT2D eigenvalue weighted by Crippen LogP contribution is -2.16. The van der Waals surface area contributed by atoms with E-state index in [-0.39, 0.29) is 40.7 Å². The Bertz CT molecular complexity index is 1060. The van der Waals surface area contributed by atoms with E-state index in [2.05, 4.69) is 14.7 Å². The number of aromatic nitrogens is 2. The van der Waals surface area contributed by atoms with Crippen molar-refractivity contribution >= 4 is 39.0 Å². The lowest BCUT2D eigenvalue weighted by molar-refractivity contribution is 0.197. The number of nitrogens with one attached hydrogen (secondary N) is 1. The topological polar surface area (TPSA) is 101 Å². The van der Waals surface area contributed by atoms with Gasteiger partial charge in [-0.2, -0.15) is 9.97 Å². The third-order valence-corrected chi connectivity index (χ3v) is 5.37. The van der Waals surface area contributed by atoms with Gasteiger partial charge in [0.2, 0.25) is 11.2 Å². The lowest BCUT2D eigenvalue weighted by atomic mass is 10.1. The van der Waals surface area contributed by atoms with Crippen LogP contribution in [0.15, 0.2) is 59.5 Å². The summed E-state index contributed by atoms with van der Waals surface area (Å²) in [4.78, 5) is 8.13. The molecule has 2 N–H and O–H groups in total. The Kier molecular flexibility index (Phi) is 6.35. The second kappa shape index (κ2) is 8.74. The highest BCUT2D eigenvalue weighted by Crippen LogP contribution is 2.37. The van der Waals surface area contributed by atoms with Crippen molar-refractivity contribution in [1.82, 2.24) is 9.97 Å². The summed E-state index contributed by atoms with van der Waals surface area (Å²) in [6.45, 7) is -0.314. The zero-order valence-electron chi connectivity index (χ0n) is 14.3. The summed E-state index contributed by atoms with van der Waals surface area (Å²) in [6.07, 6.45) is 0. The molecule has 146 valence electrons. The van der Waals surface area contributed by atoms with Gasteiger partial charge in [-0.25, -0.2) is 8.42 Å². The van der Waals surface area contributed by atoms with Crippen molar-refractivity contribution < 1.29 is 18.3 Å². The molecule has 0 aliphatic heterocycles. The number of hydrogen-bond acceptors (Lipinski definition) is 6. The van der Waals surface area contributed by atoms with Crippen LogP contribution in [0, 0.1) is 0 Å². The molecule has 0 saturated carbocycles. The van der Waals surface area contributed by atoms with E-state index in [9.17, 15) is 8.42 Å². The molecule has 0 radical (unpaired) electrons. The van der Waals surface area contributed by atoms with Crippen LogP contribution in [0.25, 0.3) is 11.1 Å². The number of ether oxygens (including phenoxy) is 1. The summed E-state index contributed by atoms with van der Waals surface area (Å²) >= 11 is 11.9. The number of nitrogens with zero attached hydrogens (tertiary/aromatic N) is 2. The van der Waals surface area contributed by atoms with Gasteiger partial charge >= 0.3 is 0 Å². The van der Waals surface area contributed by atoms with Crippen molar-refractivity contribution in [2.24, 2.45) is 0 Å². The summed E-state index contributed by atoms with van der Waals surface area (Å²) in [5.74, 6) is -0.0266. The maximum atomic E-state index is 12.8. The molecule has 3 aromatic rings. The summed E-state index contributed by atoms with van der Waals surface area (Å²) < 4.78 is 33.4. The molecule has 3 rings (SSSR count). The number of halogens is 2. The minimum atomic E-state index is -3.94. The Labute approximate surface area is 172 Å². The van der Waals surface area contributed by atoms with Crippen molar-refractivity contribution in [3.63, 3.8) is 0 Å². The van der Waals surface area contributed by atoms with Crippen LogP contribution in [0.4, 0.5) is 5.82 Å². The molecule has 0 aliphatic carbocycles. The number of aliphatic hydroxyl groups excluding tert-OH is 1. The molecule has 7 nitrogen and oxygen atoms in total. The normalized spacial score (nSPS) is 11.2. The SMILES string of the molecule is O=S(=O)(Nc1nc(Cl)nc(OCCO)c1-c1ccc(Cl)cc1)c1ccccc1. The van der Waals surface area contributed by atoms with E-state index in [1.165, 1.54) is 12.1 Å². The standard InChI is InChI=1S/C18H15Cl2N3O4S/c19-13-8-6-12(7-9-13)15-16(21-18(20)22-17(15)27-11-10-24)23-28(25,26)14-4-2-1-3-5-14/h1-9,24H,10-11H2,(H,21,22,23). The maximum absolute atomic E-state index is 12.8. The van der Waals surface area contributed by atoms with E-state index >= 15 is 0 Å². The third-order valence-electron chi connectivity index (χ3n) is 3.60. The first-order chi connectivity index (χ1) is 13.4. The van der Waals surface area contributed by atoms with Gasteiger partial charge < -0.3 is 9.84 Å². The number of rotatable bonds is 7. The van der Waals surface area contributed by atoms with Gasteiger partial charge in [-0.15, -0.1) is 0 Å². The Balaban J connectivity index is 2.14. The van der Waals surface area contributed by atoms with Gasteiger partial charge in [0.15, 0.2) is 5.82 Å². The van der Waals surface area contributed by atoms with Gasteiger partial charge in [-0.1, -0.05) is 41.9 Å². The number of anilines is 1. The smallest absolute Gasteiger partial charge is 0.263 e. The van der Waals surface area contributed by atoms with Crippen molar-refractivity contribution in [1.29, 1.82) is 0 Å². The molecule has 28 heavy (non-hydrogen) atoms. The average Bonchev–Trinajstić information content (AvgIpc) is 2.67. The first-order valence-electron chi connectivity index (χ1n) is 8.06. The zero-order valence-corrected chi connectivity index (χ0v) is 16.7. The lowest BCUT2D eigenvalue weighted by Gasteiger charge is -2.16. The van der Waals surface area contributed by atoms with Gasteiger partial charge in [0.1, 0.15) is 6.61 Å². The molecule has 10 heteroatoms. The number of benzene rings is 2. The van der Waals surface area contributed by atoms with Gasteiger partial charge in [-0.05, 0) is 41.4 Å². The number of aliphatic hydroxyl groups is 1. The summed E-state index contributed by atoms with van der Waals surface area (Å²) in [5.41, 5.74) is 0.828. The fourth-order valence-electron chi connectivity index (χ4n) is 2.40. The second-order valence-electron chi connectivity index (χ2n) is 5.52. The molecular weight excluding hydrogens is 425 g/mol. The highest BCUT2D eigenvalue weighted by molar-refractivity contribution is 7.92. The molecule has 0 amide bonds. The van der Waals surface area contributed by atoms with E-state index in [1.54, 1.807) is 42.5 Å². The van der Waals surface area contributed by atoms with Crippen LogP contribution in [0.3, 0.4) is 0 Å². The Morgan fingerprint density at radius 1 is 1.00 bits per heavy atom. The number of sulfonamides is 1. The van der Waals surface area contributed by atoms with E-state index in [4.69, 9.17) is 33.0 Å². The molecule has 0 aliphatic rings. The van der Waals surface area contributed by atoms with Crippen molar-refractivity contribution in [2.75, 3.05) is 17.9 Å². The molecule has 0 unspecified atom stereocenters. The minimum absolute atomic E-state index is 0.0298. The highest BCUT2D eigenvalue weighted by Gasteiger charge is 2.22. The molecule has 0 atom stereocenters. The molecule has 0 saturated heterocycles. The second-order valence-corrected chi connectivity index (χ2v) is 7.98. The van der Waals surface area contributed by atoms with E-state index in [0.717, 1.165) is 0 Å². The molecule has 0 fully saturated rings. The Hall–Kier alpha value is -2.39. The predicted octanol–water partition coefficient (Wildman–Crippen LogP) is 3.62. The Morgan fingerprint density at radius 2 is 1.68 bits per heavy atom. The summed E-state index contributed by atoms with van der Waals surface area (Å²) in [7, 11) is -3.94. The molecule has 0 spiro atoms. The largest absolute Gasteiger partial charge is 0.475 e. The van der Waals surface area contributed by atoms with Gasteiger partial charge in [0, 0.05) is 5.02 Å². The van der Waals surface area contributed by atoms with E-state index < -0.39 is 10.0 Å². The zero-order chi connectivity index (χ0) is 20.1. The highest BCUT2D eigenvalue weighted by atomic mass is 35.5. The number of hydrogen-bond donors (Lipinski definition) is 2. The van der Waals surface area contributed by atoms with Crippen LogP contribution in [0.5, 0.6) is 5.88 Å².